The number of halogens is 3. The van der Waals surface area contributed by atoms with Gasteiger partial charge in [0.15, 0.2) is 11.6 Å². The van der Waals surface area contributed by atoms with Crippen LogP contribution in [0.25, 0.3) is 0 Å². The monoisotopic (exact) mass is 342 g/mol. The molecule has 0 radical (unpaired) electrons. The molecule has 1 saturated carbocycles. The Labute approximate surface area is 136 Å². The molecule has 2 aromatic rings. The van der Waals surface area contributed by atoms with E-state index >= 15 is 0 Å². The van der Waals surface area contributed by atoms with Crippen molar-refractivity contribution in [3.05, 3.63) is 45.7 Å². The number of hydrogen-bond acceptors (Lipinski definition) is 4. The number of alkyl halides is 2. The second-order valence-corrected chi connectivity index (χ2v) is 6.52. The van der Waals surface area contributed by atoms with E-state index in [2.05, 4.69) is 15.0 Å². The number of aromatic nitrogens is 1. The lowest BCUT2D eigenvalue weighted by atomic mass is 10.2. The number of nitrogens with one attached hydrogen (secondary N) is 1. The predicted molar refractivity (Wildman–Crippen MR) is 82.4 cm³/mol. The highest BCUT2D eigenvalue weighted by Gasteiger charge is 2.27. The van der Waals surface area contributed by atoms with Gasteiger partial charge in [-0.2, -0.15) is 8.78 Å². The molecule has 1 aliphatic rings. The van der Waals surface area contributed by atoms with Gasteiger partial charge in [-0.1, -0.05) is 6.07 Å². The summed E-state index contributed by atoms with van der Waals surface area (Å²) in [6.07, 6.45) is 2.45. The fraction of sp³-hybridized carbons (Fsp3) is 0.438. The Morgan fingerprint density at radius 1 is 1.39 bits per heavy atom. The Morgan fingerprint density at radius 3 is 2.83 bits per heavy atom. The van der Waals surface area contributed by atoms with Gasteiger partial charge in [0.1, 0.15) is 0 Å². The van der Waals surface area contributed by atoms with E-state index in [4.69, 9.17) is 0 Å². The topological polar surface area (TPSA) is 34.1 Å². The number of benzene rings is 1. The molecular formula is C16H17F3N2OS. The van der Waals surface area contributed by atoms with Crippen LogP contribution in [0.15, 0.2) is 23.6 Å². The van der Waals surface area contributed by atoms with Gasteiger partial charge in [-0.3, -0.25) is 0 Å². The standard InChI is InChI=1S/C16H17F3N2OS/c1-9(13-8-23-15(21-13)11-3-4-11)20-7-10-2-5-14(12(17)6-10)22-16(18)19/h2,5-6,8-9,11,16,20H,3-4,7H2,1H3/t9-/m1/s1. The molecular weight excluding hydrogens is 325 g/mol. The lowest BCUT2D eigenvalue weighted by Crippen LogP contribution is -2.18. The molecule has 1 aromatic heterocycles. The third-order valence-electron chi connectivity index (χ3n) is 3.73. The molecule has 1 N–H and O–H groups in total. The molecule has 0 bridgehead atoms. The molecule has 0 spiro atoms. The second kappa shape index (κ2) is 6.88. The van der Waals surface area contributed by atoms with Crippen molar-refractivity contribution in [2.24, 2.45) is 0 Å². The summed E-state index contributed by atoms with van der Waals surface area (Å²) in [6.45, 7) is -0.612. The zero-order chi connectivity index (χ0) is 16.4. The van der Waals surface area contributed by atoms with Crippen molar-refractivity contribution in [3.8, 4) is 5.75 Å². The average molecular weight is 342 g/mol. The highest BCUT2D eigenvalue weighted by molar-refractivity contribution is 7.09. The Kier molecular flexibility index (Phi) is 4.87. The second-order valence-electron chi connectivity index (χ2n) is 5.63. The number of hydrogen-bond donors (Lipinski definition) is 1. The summed E-state index contributed by atoms with van der Waals surface area (Å²) in [7, 11) is 0. The SMILES string of the molecule is C[C@@H](NCc1ccc(OC(F)F)c(F)c1)c1csc(C2CC2)n1. The third-order valence-corrected chi connectivity index (χ3v) is 4.76. The van der Waals surface area contributed by atoms with Crippen molar-refractivity contribution in [2.45, 2.75) is 44.9 Å². The summed E-state index contributed by atoms with van der Waals surface area (Å²) in [6, 6.07) is 4.03. The van der Waals surface area contributed by atoms with Crippen LogP contribution in [0.3, 0.4) is 0 Å². The van der Waals surface area contributed by atoms with Gasteiger partial charge < -0.3 is 10.1 Å². The number of rotatable bonds is 7. The van der Waals surface area contributed by atoms with Crippen LogP contribution in [-0.4, -0.2) is 11.6 Å². The highest BCUT2D eigenvalue weighted by atomic mass is 32.1. The van der Waals surface area contributed by atoms with Gasteiger partial charge >= 0.3 is 6.61 Å². The summed E-state index contributed by atoms with van der Waals surface area (Å²) in [5.74, 6) is -0.593. The van der Waals surface area contributed by atoms with Gasteiger partial charge in [0.05, 0.1) is 10.7 Å². The van der Waals surface area contributed by atoms with Crippen LogP contribution in [-0.2, 0) is 6.54 Å². The van der Waals surface area contributed by atoms with Crippen molar-refractivity contribution in [2.75, 3.05) is 0 Å². The summed E-state index contributed by atoms with van der Waals surface area (Å²) in [4.78, 5) is 4.63. The molecule has 23 heavy (non-hydrogen) atoms. The van der Waals surface area contributed by atoms with Crippen molar-refractivity contribution in [1.29, 1.82) is 0 Å². The van der Waals surface area contributed by atoms with Crippen LogP contribution in [0.2, 0.25) is 0 Å². The first-order chi connectivity index (χ1) is 11.0. The molecule has 1 aromatic carbocycles. The van der Waals surface area contributed by atoms with Crippen LogP contribution >= 0.6 is 11.3 Å². The summed E-state index contributed by atoms with van der Waals surface area (Å²) in [5.41, 5.74) is 1.64. The predicted octanol–water partition coefficient (Wildman–Crippen LogP) is 4.61. The van der Waals surface area contributed by atoms with Crippen LogP contribution in [0.5, 0.6) is 5.75 Å². The van der Waals surface area contributed by atoms with E-state index in [0.717, 1.165) is 5.69 Å². The molecule has 3 nitrogen and oxygen atoms in total. The quantitative estimate of drug-likeness (QED) is 0.798. The minimum atomic E-state index is -3.03. The first-order valence-electron chi connectivity index (χ1n) is 7.45. The molecule has 3 rings (SSSR count). The molecule has 124 valence electrons. The summed E-state index contributed by atoms with van der Waals surface area (Å²) >= 11 is 1.68. The van der Waals surface area contributed by atoms with Crippen molar-refractivity contribution >= 4 is 11.3 Å². The molecule has 0 saturated heterocycles. The van der Waals surface area contributed by atoms with E-state index < -0.39 is 18.2 Å². The van der Waals surface area contributed by atoms with Crippen LogP contribution in [0, 0.1) is 5.82 Å². The van der Waals surface area contributed by atoms with E-state index in [0.29, 0.717) is 18.0 Å². The fourth-order valence-corrected chi connectivity index (χ4v) is 3.32. The maximum absolute atomic E-state index is 13.7. The zero-order valence-corrected chi connectivity index (χ0v) is 13.4. The molecule has 7 heteroatoms. The van der Waals surface area contributed by atoms with Crippen LogP contribution in [0.1, 0.15) is 48.0 Å². The van der Waals surface area contributed by atoms with Gasteiger partial charge in [-0.05, 0) is 37.5 Å². The lowest BCUT2D eigenvalue weighted by molar-refractivity contribution is -0.0522. The smallest absolute Gasteiger partial charge is 0.387 e. The minimum Gasteiger partial charge on any atom is -0.432 e. The minimum absolute atomic E-state index is 0.0406. The molecule has 0 amide bonds. The Balaban J connectivity index is 1.57. The normalized spacial score (nSPS) is 15.9. The molecule has 1 atom stereocenters. The number of thiazole rings is 1. The maximum Gasteiger partial charge on any atom is 0.387 e. The Bertz CT molecular complexity index is 673. The van der Waals surface area contributed by atoms with E-state index in [-0.39, 0.29) is 6.04 Å². The highest BCUT2D eigenvalue weighted by Crippen LogP contribution is 2.41. The van der Waals surface area contributed by atoms with Gasteiger partial charge in [0, 0.05) is 23.9 Å². The lowest BCUT2D eigenvalue weighted by Gasteiger charge is -2.12. The van der Waals surface area contributed by atoms with Gasteiger partial charge in [-0.25, -0.2) is 9.37 Å². The molecule has 0 aliphatic heterocycles. The largest absolute Gasteiger partial charge is 0.432 e. The van der Waals surface area contributed by atoms with Gasteiger partial charge in [-0.15, -0.1) is 11.3 Å². The average Bonchev–Trinajstić information content (AvgIpc) is 3.24. The molecule has 1 heterocycles. The molecule has 0 unspecified atom stereocenters. The van der Waals surface area contributed by atoms with Crippen molar-refractivity contribution in [3.63, 3.8) is 0 Å². The van der Waals surface area contributed by atoms with E-state index in [1.807, 2.05) is 12.3 Å². The zero-order valence-electron chi connectivity index (χ0n) is 12.6. The maximum atomic E-state index is 13.7. The first kappa shape index (κ1) is 16.3. The summed E-state index contributed by atoms with van der Waals surface area (Å²) in [5, 5.41) is 6.50. The van der Waals surface area contributed by atoms with E-state index in [9.17, 15) is 13.2 Å². The Morgan fingerprint density at radius 2 is 2.17 bits per heavy atom. The van der Waals surface area contributed by atoms with Gasteiger partial charge in [0.25, 0.3) is 0 Å². The third kappa shape index (κ3) is 4.23. The molecule has 1 fully saturated rings. The number of ether oxygens (including phenoxy) is 1. The van der Waals surface area contributed by atoms with Crippen molar-refractivity contribution in [1.82, 2.24) is 10.3 Å². The number of nitrogens with zero attached hydrogens (tertiary/aromatic N) is 1. The van der Waals surface area contributed by atoms with E-state index in [1.165, 1.54) is 30.0 Å². The van der Waals surface area contributed by atoms with Crippen molar-refractivity contribution < 1.29 is 17.9 Å². The summed E-state index contributed by atoms with van der Waals surface area (Å²) < 4.78 is 41.9. The molecule has 1 aliphatic carbocycles. The van der Waals surface area contributed by atoms with Crippen LogP contribution in [0.4, 0.5) is 13.2 Å². The van der Waals surface area contributed by atoms with Crippen LogP contribution < -0.4 is 10.1 Å². The Hall–Kier alpha value is -1.60. The fourth-order valence-electron chi connectivity index (χ4n) is 2.24. The van der Waals surface area contributed by atoms with Gasteiger partial charge in [0.2, 0.25) is 0 Å². The first-order valence-corrected chi connectivity index (χ1v) is 8.33. The van der Waals surface area contributed by atoms with E-state index in [1.54, 1.807) is 17.4 Å².